The standard InChI is InChI=1S/C15H13F2NO2S/c16-15(17)21-13-7-5-12(6-8-13)18-14(20)11-3-1-10(9-19)2-4-11/h1-8,15,19H,9H2,(H,18,20). The van der Waals surface area contributed by atoms with E-state index in [0.29, 0.717) is 27.9 Å². The summed E-state index contributed by atoms with van der Waals surface area (Å²) in [5.74, 6) is -2.76. The number of benzene rings is 2. The normalized spacial score (nSPS) is 10.7. The van der Waals surface area contributed by atoms with Gasteiger partial charge in [0.15, 0.2) is 0 Å². The Labute approximate surface area is 125 Å². The first kappa shape index (κ1) is 15.5. The number of aliphatic hydroxyl groups excluding tert-OH is 1. The van der Waals surface area contributed by atoms with E-state index in [1.54, 1.807) is 36.4 Å². The molecule has 0 atom stereocenters. The molecule has 0 heterocycles. The van der Waals surface area contributed by atoms with Crippen LogP contribution in [-0.2, 0) is 6.61 Å². The molecule has 6 heteroatoms. The number of carbonyl (C=O) groups is 1. The number of amides is 1. The maximum atomic E-state index is 12.2. The minimum absolute atomic E-state index is 0.0782. The minimum atomic E-state index is -2.46. The average Bonchev–Trinajstić information content (AvgIpc) is 2.49. The summed E-state index contributed by atoms with van der Waals surface area (Å²) >= 11 is 0.457. The number of hydrogen-bond acceptors (Lipinski definition) is 3. The SMILES string of the molecule is O=C(Nc1ccc(SC(F)F)cc1)c1ccc(CO)cc1. The van der Waals surface area contributed by atoms with E-state index < -0.39 is 5.76 Å². The van der Waals surface area contributed by atoms with Crippen molar-refractivity contribution in [2.45, 2.75) is 17.3 Å². The third-order valence-electron chi connectivity index (χ3n) is 2.74. The molecule has 2 N–H and O–H groups in total. The van der Waals surface area contributed by atoms with Gasteiger partial charge in [-0.15, -0.1) is 0 Å². The zero-order valence-corrected chi connectivity index (χ0v) is 11.7. The fourth-order valence-electron chi connectivity index (χ4n) is 1.68. The van der Waals surface area contributed by atoms with Gasteiger partial charge in [0.25, 0.3) is 11.7 Å². The van der Waals surface area contributed by atoms with E-state index in [9.17, 15) is 13.6 Å². The highest BCUT2D eigenvalue weighted by molar-refractivity contribution is 7.99. The van der Waals surface area contributed by atoms with Crippen molar-refractivity contribution in [3.63, 3.8) is 0 Å². The molecular weight excluding hydrogens is 296 g/mol. The lowest BCUT2D eigenvalue weighted by molar-refractivity contribution is 0.102. The van der Waals surface area contributed by atoms with Gasteiger partial charge in [-0.25, -0.2) is 0 Å². The van der Waals surface area contributed by atoms with Gasteiger partial charge in [0.1, 0.15) is 0 Å². The van der Waals surface area contributed by atoms with Crippen LogP contribution in [0.4, 0.5) is 14.5 Å². The number of nitrogens with one attached hydrogen (secondary N) is 1. The minimum Gasteiger partial charge on any atom is -0.392 e. The van der Waals surface area contributed by atoms with E-state index in [4.69, 9.17) is 5.11 Å². The van der Waals surface area contributed by atoms with Crippen LogP contribution in [0.5, 0.6) is 0 Å². The molecule has 0 bridgehead atoms. The van der Waals surface area contributed by atoms with Gasteiger partial charge in [0.05, 0.1) is 6.61 Å². The number of rotatable bonds is 5. The number of halogens is 2. The Balaban J connectivity index is 2.01. The quantitative estimate of drug-likeness (QED) is 0.827. The van der Waals surface area contributed by atoms with Gasteiger partial charge in [0, 0.05) is 16.1 Å². The van der Waals surface area contributed by atoms with Gasteiger partial charge in [-0.05, 0) is 42.0 Å². The van der Waals surface area contributed by atoms with Crippen LogP contribution < -0.4 is 5.32 Å². The Morgan fingerprint density at radius 1 is 1.10 bits per heavy atom. The van der Waals surface area contributed by atoms with E-state index in [-0.39, 0.29) is 12.5 Å². The van der Waals surface area contributed by atoms with Crippen LogP contribution in [0, 0.1) is 0 Å². The lowest BCUT2D eigenvalue weighted by Gasteiger charge is -2.07. The van der Waals surface area contributed by atoms with Crippen LogP contribution in [0.3, 0.4) is 0 Å². The van der Waals surface area contributed by atoms with Gasteiger partial charge in [0.2, 0.25) is 0 Å². The zero-order valence-electron chi connectivity index (χ0n) is 10.9. The molecule has 3 nitrogen and oxygen atoms in total. The number of anilines is 1. The monoisotopic (exact) mass is 309 g/mol. The van der Waals surface area contributed by atoms with Crippen molar-refractivity contribution in [2.24, 2.45) is 0 Å². The number of thioether (sulfide) groups is 1. The predicted octanol–water partition coefficient (Wildman–Crippen LogP) is 3.75. The largest absolute Gasteiger partial charge is 0.392 e. The van der Waals surface area contributed by atoms with Crippen LogP contribution in [0.25, 0.3) is 0 Å². The first-order valence-electron chi connectivity index (χ1n) is 6.14. The maximum absolute atomic E-state index is 12.2. The molecule has 1 amide bonds. The summed E-state index contributed by atoms with van der Waals surface area (Å²) in [4.78, 5) is 12.4. The molecule has 2 aromatic carbocycles. The third-order valence-corrected chi connectivity index (χ3v) is 3.46. The van der Waals surface area contributed by atoms with E-state index in [2.05, 4.69) is 5.32 Å². The van der Waals surface area contributed by atoms with E-state index in [0.717, 1.165) is 5.56 Å². The highest BCUT2D eigenvalue weighted by atomic mass is 32.2. The van der Waals surface area contributed by atoms with Crippen molar-refractivity contribution in [3.8, 4) is 0 Å². The Kier molecular flexibility index (Phi) is 5.30. The molecule has 0 unspecified atom stereocenters. The second-order valence-corrected chi connectivity index (χ2v) is 5.28. The summed E-state index contributed by atoms with van der Waals surface area (Å²) in [6.07, 6.45) is 0. The Morgan fingerprint density at radius 2 is 1.71 bits per heavy atom. The van der Waals surface area contributed by atoms with E-state index in [1.807, 2.05) is 0 Å². The fourth-order valence-corrected chi connectivity index (χ4v) is 2.18. The van der Waals surface area contributed by atoms with Crippen LogP contribution >= 0.6 is 11.8 Å². The summed E-state index contributed by atoms with van der Waals surface area (Å²) in [5.41, 5.74) is 1.71. The molecular formula is C15H13F2NO2S. The van der Waals surface area contributed by atoms with Gasteiger partial charge >= 0.3 is 0 Å². The van der Waals surface area contributed by atoms with Gasteiger partial charge in [-0.2, -0.15) is 8.78 Å². The molecule has 0 saturated heterocycles. The van der Waals surface area contributed by atoms with E-state index >= 15 is 0 Å². The smallest absolute Gasteiger partial charge is 0.288 e. The second kappa shape index (κ2) is 7.19. The van der Waals surface area contributed by atoms with Crippen molar-refractivity contribution < 1.29 is 18.7 Å². The van der Waals surface area contributed by atoms with Crippen LogP contribution in [0.2, 0.25) is 0 Å². The van der Waals surface area contributed by atoms with Gasteiger partial charge in [-0.1, -0.05) is 23.9 Å². The maximum Gasteiger partial charge on any atom is 0.288 e. The number of alkyl halides is 2. The molecule has 110 valence electrons. The number of hydrogen-bond donors (Lipinski definition) is 2. The van der Waals surface area contributed by atoms with Crippen molar-refractivity contribution in [3.05, 3.63) is 59.7 Å². The molecule has 2 rings (SSSR count). The summed E-state index contributed by atoms with van der Waals surface area (Å²) in [6.45, 7) is -0.0782. The fraction of sp³-hybridized carbons (Fsp3) is 0.133. The van der Waals surface area contributed by atoms with Crippen LogP contribution in [-0.4, -0.2) is 16.8 Å². The Bertz CT molecular complexity index is 600. The van der Waals surface area contributed by atoms with Gasteiger partial charge < -0.3 is 10.4 Å². The molecule has 0 saturated carbocycles. The van der Waals surface area contributed by atoms with Crippen molar-refractivity contribution in [2.75, 3.05) is 5.32 Å². The topological polar surface area (TPSA) is 49.3 Å². The molecule has 2 aromatic rings. The molecule has 0 aliphatic rings. The van der Waals surface area contributed by atoms with E-state index in [1.165, 1.54) is 12.1 Å². The van der Waals surface area contributed by atoms with Crippen molar-refractivity contribution >= 4 is 23.4 Å². The lowest BCUT2D eigenvalue weighted by Crippen LogP contribution is -2.11. The zero-order chi connectivity index (χ0) is 15.2. The predicted molar refractivity (Wildman–Crippen MR) is 78.6 cm³/mol. The lowest BCUT2D eigenvalue weighted by atomic mass is 10.1. The molecule has 0 aliphatic carbocycles. The summed E-state index contributed by atoms with van der Waals surface area (Å²) in [6, 6.07) is 12.8. The molecule has 0 spiro atoms. The highest BCUT2D eigenvalue weighted by Crippen LogP contribution is 2.26. The summed E-state index contributed by atoms with van der Waals surface area (Å²) in [7, 11) is 0. The number of carbonyl (C=O) groups excluding carboxylic acids is 1. The molecule has 0 fully saturated rings. The Morgan fingerprint density at radius 3 is 2.24 bits per heavy atom. The molecule has 0 radical (unpaired) electrons. The van der Waals surface area contributed by atoms with Crippen LogP contribution in [0.15, 0.2) is 53.4 Å². The number of aliphatic hydroxyl groups is 1. The highest BCUT2D eigenvalue weighted by Gasteiger charge is 2.08. The molecule has 0 aromatic heterocycles. The molecule has 0 aliphatic heterocycles. The van der Waals surface area contributed by atoms with Gasteiger partial charge in [-0.3, -0.25) is 4.79 Å². The third kappa shape index (κ3) is 4.54. The summed E-state index contributed by atoms with van der Waals surface area (Å²) in [5, 5.41) is 11.6. The first-order valence-corrected chi connectivity index (χ1v) is 7.02. The first-order chi connectivity index (χ1) is 10.1. The average molecular weight is 309 g/mol. The van der Waals surface area contributed by atoms with Crippen molar-refractivity contribution in [1.82, 2.24) is 0 Å². The second-order valence-electron chi connectivity index (χ2n) is 4.21. The molecule has 21 heavy (non-hydrogen) atoms. The summed E-state index contributed by atoms with van der Waals surface area (Å²) < 4.78 is 24.4. The van der Waals surface area contributed by atoms with Crippen LogP contribution in [0.1, 0.15) is 15.9 Å². The Hall–Kier alpha value is -1.92. The van der Waals surface area contributed by atoms with Crippen molar-refractivity contribution in [1.29, 1.82) is 0 Å².